The highest BCUT2D eigenvalue weighted by molar-refractivity contribution is 5.37. The molecule has 0 heterocycles. The van der Waals surface area contributed by atoms with Crippen LogP contribution < -0.4 is 0 Å². The van der Waals surface area contributed by atoms with Crippen LogP contribution in [0.2, 0.25) is 0 Å². The molecule has 20 heavy (non-hydrogen) atoms. The van der Waals surface area contributed by atoms with Gasteiger partial charge in [0.1, 0.15) is 6.04 Å². The van der Waals surface area contributed by atoms with Crippen molar-refractivity contribution >= 4 is 5.69 Å². The fourth-order valence-corrected chi connectivity index (χ4v) is 2.91. The van der Waals surface area contributed by atoms with E-state index in [9.17, 15) is 15.4 Å². The molecule has 0 bridgehead atoms. The van der Waals surface area contributed by atoms with Crippen molar-refractivity contribution in [3.63, 3.8) is 0 Å². The number of hydrogen-bond donors (Lipinski definition) is 0. The quantitative estimate of drug-likeness (QED) is 0.622. The van der Waals surface area contributed by atoms with Crippen LogP contribution in [0.15, 0.2) is 24.3 Å². The van der Waals surface area contributed by atoms with Gasteiger partial charge < -0.3 is 0 Å². The van der Waals surface area contributed by atoms with Crippen LogP contribution in [-0.2, 0) is 0 Å². The summed E-state index contributed by atoms with van der Waals surface area (Å²) in [7, 11) is 1.95. The number of rotatable bonds is 4. The number of nitrogens with zero attached hydrogens (tertiary/aromatic N) is 3. The highest BCUT2D eigenvalue weighted by Gasteiger charge is 2.26. The van der Waals surface area contributed by atoms with Gasteiger partial charge in [-0.3, -0.25) is 15.0 Å². The van der Waals surface area contributed by atoms with E-state index in [1.807, 2.05) is 7.05 Å². The van der Waals surface area contributed by atoms with E-state index in [0.717, 1.165) is 12.8 Å². The molecule has 0 radical (unpaired) electrons. The van der Waals surface area contributed by atoms with E-state index in [4.69, 9.17) is 0 Å². The lowest BCUT2D eigenvalue weighted by molar-refractivity contribution is -0.384. The van der Waals surface area contributed by atoms with Crippen LogP contribution in [0.25, 0.3) is 0 Å². The summed E-state index contributed by atoms with van der Waals surface area (Å²) in [6.45, 7) is 0. The molecule has 1 atom stereocenters. The summed E-state index contributed by atoms with van der Waals surface area (Å²) in [6, 6.07) is 8.66. The van der Waals surface area contributed by atoms with Gasteiger partial charge in [-0.15, -0.1) is 0 Å². The third kappa shape index (κ3) is 3.14. The molecule has 0 aliphatic heterocycles. The summed E-state index contributed by atoms with van der Waals surface area (Å²) in [6.07, 6.45) is 5.86. The Morgan fingerprint density at radius 2 is 2.10 bits per heavy atom. The first-order valence-electron chi connectivity index (χ1n) is 6.99. The molecule has 1 saturated carbocycles. The molecule has 1 aromatic rings. The molecule has 2 rings (SSSR count). The summed E-state index contributed by atoms with van der Waals surface area (Å²) in [5, 5.41) is 20.3. The van der Waals surface area contributed by atoms with E-state index in [0.29, 0.717) is 11.6 Å². The summed E-state index contributed by atoms with van der Waals surface area (Å²) in [4.78, 5) is 12.5. The Labute approximate surface area is 119 Å². The summed E-state index contributed by atoms with van der Waals surface area (Å²) >= 11 is 0. The Kier molecular flexibility index (Phi) is 4.70. The van der Waals surface area contributed by atoms with E-state index in [1.54, 1.807) is 12.1 Å². The minimum atomic E-state index is -0.419. The fraction of sp³-hybridized carbons (Fsp3) is 0.533. The Balaban J connectivity index is 2.21. The summed E-state index contributed by atoms with van der Waals surface area (Å²) < 4.78 is 0. The smallest absolute Gasteiger partial charge is 0.269 e. The molecule has 0 saturated heterocycles. The Hall–Kier alpha value is -1.93. The first-order valence-corrected chi connectivity index (χ1v) is 6.99. The van der Waals surface area contributed by atoms with Crippen LogP contribution in [0.3, 0.4) is 0 Å². The average molecular weight is 273 g/mol. The van der Waals surface area contributed by atoms with Crippen LogP contribution in [0.4, 0.5) is 5.69 Å². The van der Waals surface area contributed by atoms with E-state index < -0.39 is 11.0 Å². The van der Waals surface area contributed by atoms with Crippen molar-refractivity contribution in [3.8, 4) is 6.07 Å². The molecule has 1 fully saturated rings. The molecule has 0 amide bonds. The first-order chi connectivity index (χ1) is 9.63. The van der Waals surface area contributed by atoms with Gasteiger partial charge in [0.2, 0.25) is 0 Å². The second-order valence-electron chi connectivity index (χ2n) is 5.34. The van der Waals surface area contributed by atoms with E-state index in [1.165, 1.54) is 31.4 Å². The molecule has 106 valence electrons. The van der Waals surface area contributed by atoms with Crippen LogP contribution in [0.1, 0.15) is 43.7 Å². The van der Waals surface area contributed by atoms with Gasteiger partial charge in [0, 0.05) is 18.2 Å². The van der Waals surface area contributed by atoms with Crippen molar-refractivity contribution in [2.75, 3.05) is 7.05 Å². The van der Waals surface area contributed by atoms with Crippen molar-refractivity contribution in [1.82, 2.24) is 4.90 Å². The third-order valence-corrected chi connectivity index (χ3v) is 4.08. The zero-order valence-electron chi connectivity index (χ0n) is 11.7. The second-order valence-corrected chi connectivity index (χ2v) is 5.34. The topological polar surface area (TPSA) is 70.2 Å². The van der Waals surface area contributed by atoms with Crippen LogP contribution in [0.5, 0.6) is 0 Å². The van der Waals surface area contributed by atoms with Gasteiger partial charge in [-0.1, -0.05) is 31.4 Å². The Morgan fingerprint density at radius 1 is 1.40 bits per heavy atom. The van der Waals surface area contributed by atoms with Gasteiger partial charge in [0.05, 0.1) is 11.0 Å². The Morgan fingerprint density at radius 3 is 2.70 bits per heavy atom. The lowest BCUT2D eigenvalue weighted by Crippen LogP contribution is -2.36. The number of nitro benzene ring substituents is 1. The minimum Gasteiger partial charge on any atom is -0.284 e. The summed E-state index contributed by atoms with van der Waals surface area (Å²) in [5.41, 5.74) is 0.745. The molecule has 0 aromatic heterocycles. The molecular formula is C15H19N3O2. The molecule has 1 aromatic carbocycles. The predicted molar refractivity (Wildman–Crippen MR) is 76.1 cm³/mol. The molecule has 1 aliphatic carbocycles. The zero-order chi connectivity index (χ0) is 14.5. The number of nitro groups is 1. The van der Waals surface area contributed by atoms with Gasteiger partial charge in [-0.2, -0.15) is 5.26 Å². The normalized spacial score (nSPS) is 17.6. The van der Waals surface area contributed by atoms with Crippen molar-refractivity contribution in [1.29, 1.82) is 5.26 Å². The molecule has 5 heteroatoms. The molecule has 0 N–H and O–H groups in total. The lowest BCUT2D eigenvalue weighted by atomic mass is 9.92. The van der Waals surface area contributed by atoms with Gasteiger partial charge in [0.15, 0.2) is 0 Å². The lowest BCUT2D eigenvalue weighted by Gasteiger charge is -2.34. The van der Waals surface area contributed by atoms with Gasteiger partial charge in [-0.05, 0) is 25.5 Å². The maximum atomic E-state index is 10.8. The van der Waals surface area contributed by atoms with E-state index >= 15 is 0 Å². The molecular weight excluding hydrogens is 254 g/mol. The third-order valence-electron chi connectivity index (χ3n) is 4.08. The van der Waals surface area contributed by atoms with Crippen LogP contribution >= 0.6 is 0 Å². The van der Waals surface area contributed by atoms with Gasteiger partial charge in [0.25, 0.3) is 5.69 Å². The average Bonchev–Trinajstić information content (AvgIpc) is 2.49. The maximum Gasteiger partial charge on any atom is 0.269 e. The Bertz CT molecular complexity index is 518. The highest BCUT2D eigenvalue weighted by Crippen LogP contribution is 2.29. The standard InChI is InChI=1S/C15H19N3O2/c1-17(13-7-3-2-4-8-13)15(11-16)12-6-5-9-14(10-12)18(19)20/h5-6,9-10,13,15H,2-4,7-8H2,1H3. The monoisotopic (exact) mass is 273 g/mol. The van der Waals surface area contributed by atoms with Gasteiger partial charge in [-0.25, -0.2) is 0 Å². The number of non-ortho nitro benzene ring substituents is 1. The maximum absolute atomic E-state index is 10.8. The fourth-order valence-electron chi connectivity index (χ4n) is 2.91. The number of benzene rings is 1. The number of hydrogen-bond acceptors (Lipinski definition) is 4. The van der Waals surface area contributed by atoms with Crippen molar-refractivity contribution < 1.29 is 4.92 Å². The molecule has 1 aliphatic rings. The summed E-state index contributed by atoms with van der Waals surface area (Å²) in [5.74, 6) is 0. The molecule has 5 nitrogen and oxygen atoms in total. The van der Waals surface area contributed by atoms with Gasteiger partial charge >= 0.3 is 0 Å². The van der Waals surface area contributed by atoms with E-state index in [-0.39, 0.29) is 5.69 Å². The van der Waals surface area contributed by atoms with Crippen LogP contribution in [0, 0.1) is 21.4 Å². The SMILES string of the molecule is CN(C1CCCCC1)C(C#N)c1cccc([N+](=O)[O-])c1. The highest BCUT2D eigenvalue weighted by atomic mass is 16.6. The molecule has 0 spiro atoms. The molecule has 1 unspecified atom stereocenters. The largest absolute Gasteiger partial charge is 0.284 e. The first kappa shape index (κ1) is 14.5. The van der Waals surface area contributed by atoms with Crippen LogP contribution in [-0.4, -0.2) is 22.9 Å². The second kappa shape index (κ2) is 6.49. The van der Waals surface area contributed by atoms with Crippen molar-refractivity contribution in [3.05, 3.63) is 39.9 Å². The minimum absolute atomic E-state index is 0.0415. The number of nitriles is 1. The van der Waals surface area contributed by atoms with E-state index in [2.05, 4.69) is 11.0 Å². The van der Waals surface area contributed by atoms with Crippen molar-refractivity contribution in [2.24, 2.45) is 0 Å². The van der Waals surface area contributed by atoms with Crippen molar-refractivity contribution in [2.45, 2.75) is 44.2 Å². The zero-order valence-corrected chi connectivity index (χ0v) is 11.7. The predicted octanol–water partition coefficient (Wildman–Crippen LogP) is 3.42.